The fraction of sp³-hybridized carbons (Fsp3) is 0.375. The van der Waals surface area contributed by atoms with Crippen molar-refractivity contribution in [2.24, 2.45) is 0 Å². The van der Waals surface area contributed by atoms with Gasteiger partial charge in [0.1, 0.15) is 11.6 Å². The predicted molar refractivity (Wildman–Crippen MR) is 167 cm³/mol. The molecule has 6 rings (SSSR count). The molecule has 0 aliphatic carbocycles. The molecule has 3 aliphatic rings. The summed E-state index contributed by atoms with van der Waals surface area (Å²) in [5.41, 5.74) is 3.74. The zero-order chi connectivity index (χ0) is 29.9. The smallest absolute Gasteiger partial charge is 0.326 e. The lowest BCUT2D eigenvalue weighted by atomic mass is 10.1. The van der Waals surface area contributed by atoms with E-state index in [9.17, 15) is 9.59 Å². The number of aromatic nitrogens is 2. The molecule has 2 aromatic carbocycles. The maximum absolute atomic E-state index is 14.0. The summed E-state index contributed by atoms with van der Waals surface area (Å²) in [5.74, 6) is 1.49. The van der Waals surface area contributed by atoms with Crippen LogP contribution in [0.2, 0.25) is 0 Å². The summed E-state index contributed by atoms with van der Waals surface area (Å²) in [6.07, 6.45) is 3.76. The number of likely N-dealkylation sites (N-methyl/N-ethyl adjacent to an activating group) is 1. The number of fused-ring (bicyclic) bond motifs is 1. The summed E-state index contributed by atoms with van der Waals surface area (Å²) in [7, 11) is 3.79. The molecule has 3 aromatic rings. The number of hydrogen-bond donors (Lipinski definition) is 1. The monoisotopic (exact) mass is 582 g/mol. The van der Waals surface area contributed by atoms with Crippen LogP contribution >= 0.6 is 0 Å². The second kappa shape index (κ2) is 12.3. The highest BCUT2D eigenvalue weighted by atomic mass is 16.5. The van der Waals surface area contributed by atoms with Crippen LogP contribution in [0, 0.1) is 0 Å². The average molecular weight is 583 g/mol. The van der Waals surface area contributed by atoms with Gasteiger partial charge in [-0.3, -0.25) is 9.69 Å². The molecule has 0 bridgehead atoms. The van der Waals surface area contributed by atoms with Gasteiger partial charge in [0, 0.05) is 69.3 Å². The van der Waals surface area contributed by atoms with E-state index in [4.69, 9.17) is 9.72 Å². The Labute approximate surface area is 252 Å². The number of nitrogens with zero attached hydrogens (tertiary/aromatic N) is 7. The van der Waals surface area contributed by atoms with Crippen LogP contribution < -0.4 is 19.9 Å². The van der Waals surface area contributed by atoms with E-state index in [0.29, 0.717) is 50.1 Å². The number of benzene rings is 2. The molecule has 11 nitrogen and oxygen atoms in total. The van der Waals surface area contributed by atoms with Crippen molar-refractivity contribution in [2.45, 2.75) is 25.6 Å². The molecule has 11 heteroatoms. The molecule has 1 N–H and O–H groups in total. The number of amides is 3. The van der Waals surface area contributed by atoms with Gasteiger partial charge in [-0.1, -0.05) is 36.9 Å². The predicted octanol–water partition coefficient (Wildman–Crippen LogP) is 3.71. The number of likely N-dealkylation sites (tertiary alicyclic amines) is 1. The lowest BCUT2D eigenvalue weighted by Crippen LogP contribution is -2.52. The number of urea groups is 1. The molecule has 4 heterocycles. The molecule has 1 aromatic heterocycles. The Hall–Kier alpha value is -4.64. The Morgan fingerprint density at radius 1 is 1.12 bits per heavy atom. The molecular weight excluding hydrogens is 544 g/mol. The Kier molecular flexibility index (Phi) is 8.15. The molecule has 0 radical (unpaired) electrons. The maximum atomic E-state index is 14.0. The van der Waals surface area contributed by atoms with Crippen LogP contribution in [-0.2, 0) is 17.9 Å². The second-order valence-electron chi connectivity index (χ2n) is 11.3. The summed E-state index contributed by atoms with van der Waals surface area (Å²) < 4.78 is 5.75. The molecule has 224 valence electrons. The van der Waals surface area contributed by atoms with Crippen LogP contribution in [0.15, 0.2) is 67.4 Å². The van der Waals surface area contributed by atoms with Crippen LogP contribution in [-0.4, -0.2) is 96.1 Å². The molecule has 1 atom stereocenters. The first-order chi connectivity index (χ1) is 20.9. The Bertz CT molecular complexity index is 1490. The van der Waals surface area contributed by atoms with Gasteiger partial charge in [0.25, 0.3) is 0 Å². The highest BCUT2D eigenvalue weighted by Crippen LogP contribution is 2.35. The average Bonchev–Trinajstić information content (AvgIpc) is 3.52. The van der Waals surface area contributed by atoms with Crippen molar-refractivity contribution >= 4 is 35.1 Å². The largest absolute Gasteiger partial charge is 0.494 e. The third-order valence-corrected chi connectivity index (χ3v) is 8.44. The SMILES string of the molecule is C=CC(=O)N1CCC(N2C(=O)N(Cc3ccccc3)Cc3cnc(Nc4ccc(N5CCN(C)CC5)cc4OC)nc32)C1. The van der Waals surface area contributed by atoms with E-state index >= 15 is 0 Å². The fourth-order valence-electron chi connectivity index (χ4n) is 6.00. The second-order valence-corrected chi connectivity index (χ2v) is 11.3. The number of nitrogens with one attached hydrogen (secondary N) is 1. The first kappa shape index (κ1) is 28.5. The van der Waals surface area contributed by atoms with E-state index in [1.807, 2.05) is 47.4 Å². The van der Waals surface area contributed by atoms with Gasteiger partial charge < -0.3 is 29.7 Å². The normalized spacial score (nSPS) is 18.9. The number of methoxy groups -OCH3 is 1. The Morgan fingerprint density at radius 2 is 1.91 bits per heavy atom. The number of hydrogen-bond acceptors (Lipinski definition) is 8. The summed E-state index contributed by atoms with van der Waals surface area (Å²) in [6.45, 7) is 9.42. The molecular formula is C32H38N8O3. The highest BCUT2D eigenvalue weighted by molar-refractivity contribution is 5.95. The van der Waals surface area contributed by atoms with Crippen molar-refractivity contribution in [3.63, 3.8) is 0 Å². The fourth-order valence-corrected chi connectivity index (χ4v) is 6.00. The van der Waals surface area contributed by atoms with E-state index in [-0.39, 0.29) is 18.0 Å². The van der Waals surface area contributed by atoms with Crippen LogP contribution in [0.4, 0.5) is 27.9 Å². The van der Waals surface area contributed by atoms with Crippen LogP contribution in [0.5, 0.6) is 5.75 Å². The standard InChI is InChI=1S/C32H38N8O3/c1-4-29(41)38-13-12-26(22-38)40-30-24(21-39(32(40)42)20-23-8-6-5-7-9-23)19-33-31(35-30)34-27-11-10-25(18-28(27)43-3)37-16-14-36(2)15-17-37/h4-11,18-19,26H,1,12-17,20-22H2,2-3H3,(H,33,34,35). The highest BCUT2D eigenvalue weighted by Gasteiger charge is 2.40. The summed E-state index contributed by atoms with van der Waals surface area (Å²) in [5, 5.41) is 3.32. The number of carbonyl (C=O) groups is 2. The third kappa shape index (κ3) is 5.98. The van der Waals surface area contributed by atoms with Gasteiger partial charge in [-0.2, -0.15) is 4.98 Å². The first-order valence-corrected chi connectivity index (χ1v) is 14.7. The molecule has 0 saturated carbocycles. The van der Waals surface area contributed by atoms with Gasteiger partial charge in [-0.05, 0) is 37.2 Å². The van der Waals surface area contributed by atoms with Gasteiger partial charge >= 0.3 is 6.03 Å². The molecule has 2 saturated heterocycles. The Morgan fingerprint density at radius 3 is 2.65 bits per heavy atom. The molecule has 3 aliphatic heterocycles. The van der Waals surface area contributed by atoms with Crippen molar-refractivity contribution in [2.75, 3.05) is 68.5 Å². The van der Waals surface area contributed by atoms with Crippen LogP contribution in [0.3, 0.4) is 0 Å². The van der Waals surface area contributed by atoms with E-state index in [0.717, 1.165) is 48.7 Å². The number of ether oxygens (including phenoxy) is 1. The molecule has 43 heavy (non-hydrogen) atoms. The van der Waals surface area contributed by atoms with E-state index < -0.39 is 0 Å². The lowest BCUT2D eigenvalue weighted by molar-refractivity contribution is -0.125. The van der Waals surface area contributed by atoms with Crippen molar-refractivity contribution in [1.82, 2.24) is 24.7 Å². The van der Waals surface area contributed by atoms with Gasteiger partial charge in [0.05, 0.1) is 25.4 Å². The van der Waals surface area contributed by atoms with Crippen molar-refractivity contribution in [3.8, 4) is 5.75 Å². The number of rotatable bonds is 8. The minimum absolute atomic E-state index is 0.131. The quantitative estimate of drug-likeness (QED) is 0.402. The van der Waals surface area contributed by atoms with E-state index in [1.54, 1.807) is 23.1 Å². The number of piperazine rings is 1. The molecule has 3 amide bonds. The van der Waals surface area contributed by atoms with Crippen LogP contribution in [0.25, 0.3) is 0 Å². The molecule has 2 fully saturated rings. The molecule has 0 spiro atoms. The van der Waals surface area contributed by atoms with Crippen LogP contribution in [0.1, 0.15) is 17.5 Å². The minimum atomic E-state index is -0.214. The van der Waals surface area contributed by atoms with Crippen molar-refractivity contribution in [1.29, 1.82) is 0 Å². The molecule has 1 unspecified atom stereocenters. The van der Waals surface area contributed by atoms with Gasteiger partial charge in [-0.25, -0.2) is 9.78 Å². The topological polar surface area (TPSA) is 97.4 Å². The summed E-state index contributed by atoms with van der Waals surface area (Å²) in [6, 6.07) is 15.7. The maximum Gasteiger partial charge on any atom is 0.326 e. The van der Waals surface area contributed by atoms with Gasteiger partial charge in [0.15, 0.2) is 0 Å². The summed E-state index contributed by atoms with van der Waals surface area (Å²) in [4.78, 5) is 45.9. The first-order valence-electron chi connectivity index (χ1n) is 14.7. The van der Waals surface area contributed by atoms with Crippen molar-refractivity contribution < 1.29 is 14.3 Å². The number of anilines is 4. The zero-order valence-electron chi connectivity index (χ0n) is 24.8. The van der Waals surface area contributed by atoms with Gasteiger partial charge in [-0.15, -0.1) is 0 Å². The summed E-state index contributed by atoms with van der Waals surface area (Å²) >= 11 is 0. The van der Waals surface area contributed by atoms with Gasteiger partial charge in [0.2, 0.25) is 11.9 Å². The third-order valence-electron chi connectivity index (χ3n) is 8.44. The van der Waals surface area contributed by atoms with E-state index in [1.165, 1.54) is 6.08 Å². The minimum Gasteiger partial charge on any atom is -0.494 e. The number of carbonyl (C=O) groups excluding carboxylic acids is 2. The lowest BCUT2D eigenvalue weighted by Gasteiger charge is -2.39. The van der Waals surface area contributed by atoms with Crippen molar-refractivity contribution in [3.05, 3.63) is 78.5 Å². The zero-order valence-corrected chi connectivity index (χ0v) is 24.8. The van der Waals surface area contributed by atoms with E-state index in [2.05, 4.69) is 39.8 Å². The Balaban J connectivity index is 1.28.